The van der Waals surface area contributed by atoms with E-state index < -0.39 is 29.0 Å². The summed E-state index contributed by atoms with van der Waals surface area (Å²) in [5.74, 6) is -1.86. The Hall–Kier alpha value is -1.80. The predicted molar refractivity (Wildman–Crippen MR) is 66.6 cm³/mol. The molecule has 0 atom stereocenters. The highest BCUT2D eigenvalue weighted by atomic mass is 19.4. The van der Waals surface area contributed by atoms with Crippen molar-refractivity contribution in [1.29, 1.82) is 0 Å². The van der Waals surface area contributed by atoms with Gasteiger partial charge in [0.2, 0.25) is 0 Å². The maximum atomic E-state index is 12.8. The molecule has 0 unspecified atom stereocenters. The van der Waals surface area contributed by atoms with E-state index in [1.807, 2.05) is 0 Å². The van der Waals surface area contributed by atoms with Gasteiger partial charge >= 0.3 is 12.1 Å². The highest BCUT2D eigenvalue weighted by Gasteiger charge is 2.35. The molecule has 0 amide bonds. The van der Waals surface area contributed by atoms with Gasteiger partial charge in [-0.25, -0.2) is 4.79 Å². The largest absolute Gasteiger partial charge is 0.491 e. The van der Waals surface area contributed by atoms with Crippen LogP contribution < -0.4 is 4.74 Å². The molecule has 0 heterocycles. The van der Waals surface area contributed by atoms with Gasteiger partial charge in [0, 0.05) is 7.11 Å². The average molecular weight is 308 g/mol. The van der Waals surface area contributed by atoms with Crippen LogP contribution in [0.2, 0.25) is 0 Å². The Morgan fingerprint density at radius 1 is 1.19 bits per heavy atom. The number of halogens is 3. The minimum atomic E-state index is -4.70. The SMILES string of the molecule is COCCOCCOc1ccc(C(=O)O)cc1C(F)(F)F. The van der Waals surface area contributed by atoms with Crippen LogP contribution in [0.15, 0.2) is 18.2 Å². The molecule has 0 radical (unpaired) electrons. The molecule has 0 saturated heterocycles. The first kappa shape index (κ1) is 17.3. The van der Waals surface area contributed by atoms with Crippen molar-refractivity contribution in [1.82, 2.24) is 0 Å². The zero-order valence-corrected chi connectivity index (χ0v) is 11.3. The highest BCUT2D eigenvalue weighted by molar-refractivity contribution is 5.88. The van der Waals surface area contributed by atoms with Gasteiger partial charge in [-0.2, -0.15) is 13.2 Å². The first-order valence-corrected chi connectivity index (χ1v) is 6.00. The second-order valence-corrected chi connectivity index (χ2v) is 3.97. The van der Waals surface area contributed by atoms with Crippen LogP contribution in [0.3, 0.4) is 0 Å². The third kappa shape index (κ3) is 5.60. The van der Waals surface area contributed by atoms with Crippen molar-refractivity contribution >= 4 is 5.97 Å². The van der Waals surface area contributed by atoms with Crippen molar-refractivity contribution in [2.24, 2.45) is 0 Å². The summed E-state index contributed by atoms with van der Waals surface area (Å²) in [7, 11) is 1.50. The van der Waals surface area contributed by atoms with Crippen molar-refractivity contribution < 1.29 is 37.3 Å². The Morgan fingerprint density at radius 3 is 2.43 bits per heavy atom. The van der Waals surface area contributed by atoms with Crippen LogP contribution in [0, 0.1) is 0 Å². The van der Waals surface area contributed by atoms with Crippen molar-refractivity contribution in [2.75, 3.05) is 33.5 Å². The molecule has 8 heteroatoms. The lowest BCUT2D eigenvalue weighted by atomic mass is 10.1. The van der Waals surface area contributed by atoms with Crippen LogP contribution in [-0.4, -0.2) is 44.6 Å². The summed E-state index contributed by atoms with van der Waals surface area (Å²) in [5, 5.41) is 8.72. The van der Waals surface area contributed by atoms with Gasteiger partial charge < -0.3 is 19.3 Å². The number of hydrogen-bond acceptors (Lipinski definition) is 4. The summed E-state index contributed by atoms with van der Waals surface area (Å²) in [6, 6.07) is 2.59. The number of carboxylic acid groups (broad SMARTS) is 1. The van der Waals surface area contributed by atoms with E-state index in [0.717, 1.165) is 12.1 Å². The Kier molecular flexibility index (Phi) is 6.44. The van der Waals surface area contributed by atoms with Crippen molar-refractivity contribution in [3.05, 3.63) is 29.3 Å². The second kappa shape index (κ2) is 7.84. The number of rotatable bonds is 8. The predicted octanol–water partition coefficient (Wildman–Crippen LogP) is 2.45. The molecule has 0 spiro atoms. The minimum Gasteiger partial charge on any atom is -0.491 e. The summed E-state index contributed by atoms with van der Waals surface area (Å²) in [6.07, 6.45) is -4.70. The molecule has 0 aliphatic heterocycles. The fourth-order valence-electron chi connectivity index (χ4n) is 1.47. The van der Waals surface area contributed by atoms with Gasteiger partial charge in [0.25, 0.3) is 0 Å². The first-order chi connectivity index (χ1) is 9.86. The van der Waals surface area contributed by atoms with Crippen molar-refractivity contribution in [3.63, 3.8) is 0 Å². The number of benzene rings is 1. The number of aromatic carboxylic acids is 1. The Labute approximate surface area is 119 Å². The number of carboxylic acids is 1. The van der Waals surface area contributed by atoms with Crippen LogP contribution in [-0.2, 0) is 15.7 Å². The van der Waals surface area contributed by atoms with Crippen LogP contribution >= 0.6 is 0 Å². The lowest BCUT2D eigenvalue weighted by Crippen LogP contribution is -2.14. The zero-order chi connectivity index (χ0) is 15.9. The summed E-state index contributed by atoms with van der Waals surface area (Å²) in [4.78, 5) is 10.7. The zero-order valence-electron chi connectivity index (χ0n) is 11.3. The number of carbonyl (C=O) groups is 1. The monoisotopic (exact) mass is 308 g/mol. The van der Waals surface area contributed by atoms with E-state index in [1.165, 1.54) is 7.11 Å². The molecule has 0 fully saturated rings. The van der Waals surface area contributed by atoms with E-state index in [-0.39, 0.29) is 13.2 Å². The van der Waals surface area contributed by atoms with E-state index in [2.05, 4.69) is 0 Å². The van der Waals surface area contributed by atoms with Crippen LogP contribution in [0.5, 0.6) is 5.75 Å². The molecule has 1 aromatic carbocycles. The van der Waals surface area contributed by atoms with E-state index >= 15 is 0 Å². The van der Waals surface area contributed by atoms with Gasteiger partial charge in [-0.1, -0.05) is 0 Å². The normalized spacial score (nSPS) is 11.4. The Balaban J connectivity index is 2.70. The quantitative estimate of drug-likeness (QED) is 0.747. The number of hydrogen-bond donors (Lipinski definition) is 1. The molecule has 21 heavy (non-hydrogen) atoms. The Morgan fingerprint density at radius 2 is 1.86 bits per heavy atom. The van der Waals surface area contributed by atoms with Gasteiger partial charge in [-0.15, -0.1) is 0 Å². The van der Waals surface area contributed by atoms with Crippen LogP contribution in [0.4, 0.5) is 13.2 Å². The summed E-state index contributed by atoms with van der Waals surface area (Å²) >= 11 is 0. The third-order valence-electron chi connectivity index (χ3n) is 2.45. The molecule has 0 saturated carbocycles. The average Bonchev–Trinajstić information content (AvgIpc) is 2.41. The van der Waals surface area contributed by atoms with Gasteiger partial charge in [-0.05, 0) is 18.2 Å². The topological polar surface area (TPSA) is 65.0 Å². The molecule has 1 rings (SSSR count). The van der Waals surface area contributed by atoms with Crippen LogP contribution in [0.1, 0.15) is 15.9 Å². The second-order valence-electron chi connectivity index (χ2n) is 3.97. The maximum absolute atomic E-state index is 12.8. The standard InChI is InChI=1S/C13H15F3O5/c1-19-4-5-20-6-7-21-11-3-2-9(12(17)18)8-10(11)13(14,15)16/h2-3,8H,4-7H2,1H3,(H,17,18). The lowest BCUT2D eigenvalue weighted by Gasteiger charge is -2.14. The smallest absolute Gasteiger partial charge is 0.419 e. The lowest BCUT2D eigenvalue weighted by molar-refractivity contribution is -0.139. The number of methoxy groups -OCH3 is 1. The first-order valence-electron chi connectivity index (χ1n) is 6.00. The van der Waals surface area contributed by atoms with Gasteiger partial charge in [0.15, 0.2) is 0 Å². The summed E-state index contributed by atoms with van der Waals surface area (Å²) in [5.41, 5.74) is -1.58. The minimum absolute atomic E-state index is 0.0841. The molecular formula is C13H15F3O5. The molecule has 118 valence electrons. The fourth-order valence-corrected chi connectivity index (χ4v) is 1.47. The fraction of sp³-hybridized carbons (Fsp3) is 0.462. The van der Waals surface area contributed by atoms with E-state index in [4.69, 9.17) is 19.3 Å². The van der Waals surface area contributed by atoms with E-state index in [9.17, 15) is 18.0 Å². The van der Waals surface area contributed by atoms with E-state index in [0.29, 0.717) is 19.3 Å². The summed E-state index contributed by atoms with van der Waals surface area (Å²) < 4.78 is 53.3. The van der Waals surface area contributed by atoms with Crippen molar-refractivity contribution in [3.8, 4) is 5.75 Å². The molecule has 0 aliphatic carbocycles. The Bertz CT molecular complexity index is 473. The van der Waals surface area contributed by atoms with Crippen molar-refractivity contribution in [2.45, 2.75) is 6.18 Å². The van der Waals surface area contributed by atoms with E-state index in [1.54, 1.807) is 0 Å². The van der Waals surface area contributed by atoms with Gasteiger partial charge in [0.1, 0.15) is 12.4 Å². The highest BCUT2D eigenvalue weighted by Crippen LogP contribution is 2.36. The van der Waals surface area contributed by atoms with Crippen LogP contribution in [0.25, 0.3) is 0 Å². The number of alkyl halides is 3. The van der Waals surface area contributed by atoms with Gasteiger partial charge in [-0.3, -0.25) is 0 Å². The molecular weight excluding hydrogens is 293 g/mol. The number of ether oxygens (including phenoxy) is 3. The molecule has 0 aromatic heterocycles. The molecule has 0 aliphatic rings. The molecule has 5 nitrogen and oxygen atoms in total. The molecule has 1 N–H and O–H groups in total. The molecule has 0 bridgehead atoms. The maximum Gasteiger partial charge on any atom is 0.419 e. The molecule has 1 aromatic rings. The van der Waals surface area contributed by atoms with Gasteiger partial charge in [0.05, 0.1) is 30.9 Å². The summed E-state index contributed by atoms with van der Waals surface area (Å²) in [6.45, 7) is 0.700. The third-order valence-corrected chi connectivity index (χ3v) is 2.45.